The molecule has 2 amide bonds. The first kappa shape index (κ1) is 12.3. The van der Waals surface area contributed by atoms with E-state index in [2.05, 4.69) is 10.2 Å². The third kappa shape index (κ3) is 1.85. The molecule has 5 nitrogen and oxygen atoms in total. The van der Waals surface area contributed by atoms with Gasteiger partial charge in [-0.1, -0.05) is 29.3 Å². The summed E-state index contributed by atoms with van der Waals surface area (Å²) in [6.07, 6.45) is 0.341. The number of anilines is 1. The first-order chi connectivity index (χ1) is 9.02. The van der Waals surface area contributed by atoms with Crippen LogP contribution in [0, 0.1) is 6.92 Å². The van der Waals surface area contributed by atoms with Crippen molar-refractivity contribution in [2.75, 3.05) is 4.90 Å². The lowest BCUT2D eigenvalue weighted by molar-refractivity contribution is -0.122. The fourth-order valence-electron chi connectivity index (χ4n) is 2.45. The second-order valence-electron chi connectivity index (χ2n) is 4.93. The molecule has 0 bridgehead atoms. The third-order valence-corrected chi connectivity index (χ3v) is 3.71. The van der Waals surface area contributed by atoms with E-state index in [9.17, 15) is 9.59 Å². The first-order valence-electron chi connectivity index (χ1n) is 6.02. The molecule has 2 aliphatic rings. The minimum atomic E-state index is -1.08. The topological polar surface area (TPSA) is 62.1 Å². The Morgan fingerprint density at radius 2 is 2.00 bits per heavy atom. The van der Waals surface area contributed by atoms with Gasteiger partial charge in [0.2, 0.25) is 5.91 Å². The highest BCUT2D eigenvalue weighted by atomic mass is 35.5. The first-order valence-corrected chi connectivity index (χ1v) is 6.46. The van der Waals surface area contributed by atoms with Crippen LogP contribution >= 0.6 is 11.6 Å². The van der Waals surface area contributed by atoms with Gasteiger partial charge in [0.1, 0.15) is 5.50 Å². The van der Waals surface area contributed by atoms with Gasteiger partial charge < -0.3 is 0 Å². The Labute approximate surface area is 115 Å². The Balaban J connectivity index is 1.96. The van der Waals surface area contributed by atoms with Gasteiger partial charge in [-0.05, 0) is 19.1 Å². The standard InChI is InChI=1S/C13H12ClN3O2/c1-8-2-4-9(5-3-8)17-11(18)7-13(12(17)19)6-10(14)15-16-13/h2-5,10H,6-7H2,1H3. The number of carbonyl (C=O) groups excluding carboxylic acids is 2. The van der Waals surface area contributed by atoms with Crippen molar-refractivity contribution >= 4 is 29.1 Å². The molecule has 0 aliphatic carbocycles. The number of carbonyl (C=O) groups is 2. The normalized spacial score (nSPS) is 29.8. The highest BCUT2D eigenvalue weighted by molar-refractivity contribution is 6.26. The summed E-state index contributed by atoms with van der Waals surface area (Å²) in [5, 5.41) is 7.74. The molecule has 1 spiro atoms. The van der Waals surface area contributed by atoms with Gasteiger partial charge >= 0.3 is 0 Å². The van der Waals surface area contributed by atoms with Crippen molar-refractivity contribution < 1.29 is 9.59 Å². The molecule has 0 aromatic heterocycles. The minimum Gasteiger partial charge on any atom is -0.274 e. The minimum absolute atomic E-state index is 0.0480. The second kappa shape index (κ2) is 4.13. The Kier molecular flexibility index (Phi) is 2.67. The number of hydrogen-bond acceptors (Lipinski definition) is 4. The van der Waals surface area contributed by atoms with Crippen LogP contribution in [0.25, 0.3) is 0 Å². The molecule has 3 rings (SSSR count). The number of rotatable bonds is 1. The van der Waals surface area contributed by atoms with E-state index in [1.807, 2.05) is 19.1 Å². The molecule has 1 aromatic rings. The number of halogens is 1. The molecule has 2 unspecified atom stereocenters. The number of imide groups is 1. The van der Waals surface area contributed by atoms with E-state index in [0.29, 0.717) is 12.1 Å². The molecule has 19 heavy (non-hydrogen) atoms. The van der Waals surface area contributed by atoms with Crippen LogP contribution < -0.4 is 4.90 Å². The van der Waals surface area contributed by atoms with Crippen LogP contribution in [0.3, 0.4) is 0 Å². The highest BCUT2D eigenvalue weighted by Gasteiger charge is 2.55. The Bertz CT molecular complexity index is 584. The summed E-state index contributed by atoms with van der Waals surface area (Å²) < 4.78 is 0. The maximum absolute atomic E-state index is 12.5. The molecule has 1 saturated heterocycles. The largest absolute Gasteiger partial charge is 0.274 e. The molecule has 2 heterocycles. The lowest BCUT2D eigenvalue weighted by atomic mass is 9.95. The summed E-state index contributed by atoms with van der Waals surface area (Å²) in [6, 6.07) is 7.24. The monoisotopic (exact) mass is 277 g/mol. The Hall–Kier alpha value is -1.75. The average Bonchev–Trinajstić information content (AvgIpc) is 2.84. The van der Waals surface area contributed by atoms with Gasteiger partial charge in [-0.15, -0.1) is 0 Å². The number of aryl methyl sites for hydroxylation is 1. The van der Waals surface area contributed by atoms with Gasteiger partial charge in [-0.25, -0.2) is 4.90 Å². The van der Waals surface area contributed by atoms with Crippen LogP contribution in [0.1, 0.15) is 18.4 Å². The lowest BCUT2D eigenvalue weighted by Crippen LogP contribution is -2.38. The van der Waals surface area contributed by atoms with Gasteiger partial charge in [0.15, 0.2) is 5.54 Å². The Morgan fingerprint density at radius 1 is 1.32 bits per heavy atom. The zero-order valence-electron chi connectivity index (χ0n) is 10.3. The van der Waals surface area contributed by atoms with Crippen molar-refractivity contribution in [3.05, 3.63) is 29.8 Å². The molecule has 2 aliphatic heterocycles. The summed E-state index contributed by atoms with van der Waals surface area (Å²) in [5.41, 5.74) is 0.0494. The zero-order valence-corrected chi connectivity index (χ0v) is 11.1. The SMILES string of the molecule is Cc1ccc(N2C(=O)CC3(CC(Cl)N=N3)C2=O)cc1. The molecule has 2 atom stereocenters. The van der Waals surface area contributed by atoms with E-state index < -0.39 is 11.0 Å². The van der Waals surface area contributed by atoms with Crippen LogP contribution in [0.15, 0.2) is 34.5 Å². The highest BCUT2D eigenvalue weighted by Crippen LogP contribution is 2.40. The number of alkyl halides is 1. The summed E-state index contributed by atoms with van der Waals surface area (Å²) in [6.45, 7) is 1.95. The number of azo groups is 1. The maximum atomic E-state index is 12.5. The predicted molar refractivity (Wildman–Crippen MR) is 70.1 cm³/mol. The number of hydrogen-bond donors (Lipinski definition) is 0. The molecule has 6 heteroatoms. The summed E-state index contributed by atoms with van der Waals surface area (Å²) >= 11 is 5.87. The fourth-order valence-corrected chi connectivity index (χ4v) is 2.75. The van der Waals surface area contributed by atoms with E-state index in [0.717, 1.165) is 5.56 Å². The van der Waals surface area contributed by atoms with Crippen molar-refractivity contribution in [1.29, 1.82) is 0 Å². The molecular weight excluding hydrogens is 266 g/mol. The molecule has 0 radical (unpaired) electrons. The predicted octanol–water partition coefficient (Wildman–Crippen LogP) is 2.42. The van der Waals surface area contributed by atoms with Crippen molar-refractivity contribution in [2.45, 2.75) is 30.8 Å². The van der Waals surface area contributed by atoms with Crippen LogP contribution in [-0.4, -0.2) is 22.9 Å². The number of nitrogens with zero attached hydrogens (tertiary/aromatic N) is 3. The van der Waals surface area contributed by atoms with Gasteiger partial charge in [-0.3, -0.25) is 9.59 Å². The van der Waals surface area contributed by atoms with Gasteiger partial charge in [0, 0.05) is 6.42 Å². The summed E-state index contributed by atoms with van der Waals surface area (Å²) in [7, 11) is 0. The lowest BCUT2D eigenvalue weighted by Gasteiger charge is -2.18. The molecule has 98 valence electrons. The van der Waals surface area contributed by atoms with E-state index >= 15 is 0 Å². The quantitative estimate of drug-likeness (QED) is 0.450. The van der Waals surface area contributed by atoms with E-state index in [4.69, 9.17) is 11.6 Å². The second-order valence-corrected chi connectivity index (χ2v) is 5.44. The molecule has 1 fully saturated rings. The number of benzene rings is 1. The summed E-state index contributed by atoms with van der Waals surface area (Å²) in [5.74, 6) is -0.577. The average molecular weight is 278 g/mol. The van der Waals surface area contributed by atoms with Crippen molar-refractivity contribution in [3.63, 3.8) is 0 Å². The van der Waals surface area contributed by atoms with Crippen LogP contribution in [-0.2, 0) is 9.59 Å². The Morgan fingerprint density at radius 3 is 2.58 bits per heavy atom. The molecule has 0 N–H and O–H groups in total. The fraction of sp³-hybridized carbons (Fsp3) is 0.385. The van der Waals surface area contributed by atoms with Crippen molar-refractivity contribution in [1.82, 2.24) is 0 Å². The summed E-state index contributed by atoms with van der Waals surface area (Å²) in [4.78, 5) is 25.7. The van der Waals surface area contributed by atoms with Crippen LogP contribution in [0.5, 0.6) is 0 Å². The smallest absolute Gasteiger partial charge is 0.264 e. The van der Waals surface area contributed by atoms with Crippen molar-refractivity contribution in [2.24, 2.45) is 10.2 Å². The van der Waals surface area contributed by atoms with Gasteiger partial charge in [-0.2, -0.15) is 10.2 Å². The van der Waals surface area contributed by atoms with Crippen LogP contribution in [0.2, 0.25) is 0 Å². The van der Waals surface area contributed by atoms with Crippen molar-refractivity contribution in [3.8, 4) is 0 Å². The van der Waals surface area contributed by atoms with E-state index in [-0.39, 0.29) is 18.2 Å². The van der Waals surface area contributed by atoms with Crippen LogP contribution in [0.4, 0.5) is 5.69 Å². The zero-order chi connectivity index (χ0) is 13.6. The van der Waals surface area contributed by atoms with Gasteiger partial charge in [0.25, 0.3) is 5.91 Å². The third-order valence-electron chi connectivity index (χ3n) is 3.47. The number of amides is 2. The van der Waals surface area contributed by atoms with E-state index in [1.54, 1.807) is 12.1 Å². The molecule has 0 saturated carbocycles. The molecule has 1 aromatic carbocycles. The van der Waals surface area contributed by atoms with E-state index in [1.165, 1.54) is 4.90 Å². The molecular formula is C13H12ClN3O2. The van der Waals surface area contributed by atoms with Gasteiger partial charge in [0.05, 0.1) is 12.1 Å². The maximum Gasteiger partial charge on any atom is 0.264 e.